The fourth-order valence-corrected chi connectivity index (χ4v) is 4.71. The molecular weight excluding hydrogens is 237 g/mol. The first kappa shape index (κ1) is 8.48. The fourth-order valence-electron chi connectivity index (χ4n) is 2.02. The molecule has 0 bridgehead atoms. The van der Waals surface area contributed by atoms with E-state index in [-0.39, 0.29) is 8.75 Å². The fraction of sp³-hybridized carbons (Fsp3) is 0.167. The molecule has 2 heteroatoms. The molecule has 2 unspecified atom stereocenters. The Bertz CT molecular complexity index is 423. The van der Waals surface area contributed by atoms with E-state index in [0.29, 0.717) is 15.0 Å². The zero-order valence-electron chi connectivity index (χ0n) is 7.68. The molecule has 70 valence electrons. The summed E-state index contributed by atoms with van der Waals surface area (Å²) in [5.74, 6) is 0. The van der Waals surface area contributed by atoms with Gasteiger partial charge in [0.05, 0.1) is 0 Å². The third-order valence-corrected chi connectivity index (χ3v) is 6.26. The minimum atomic E-state index is -0.0594. The van der Waals surface area contributed by atoms with Crippen molar-refractivity contribution in [3.63, 3.8) is 0 Å². The molecule has 3 rings (SSSR count). The van der Waals surface area contributed by atoms with Crippen LogP contribution in [0.4, 0.5) is 0 Å². The second-order valence-electron chi connectivity index (χ2n) is 3.72. The van der Waals surface area contributed by atoms with Gasteiger partial charge in [0.25, 0.3) is 0 Å². The van der Waals surface area contributed by atoms with E-state index in [1.54, 1.807) is 0 Å². The van der Waals surface area contributed by atoms with Crippen molar-refractivity contribution >= 4 is 15.0 Å². The van der Waals surface area contributed by atoms with Gasteiger partial charge in [0, 0.05) is 0 Å². The summed E-state index contributed by atoms with van der Waals surface area (Å²) in [6, 6.07) is 10.6. The van der Waals surface area contributed by atoms with Crippen LogP contribution in [-0.2, 0) is 4.31 Å². The molecule has 1 aromatic rings. The summed E-state index contributed by atoms with van der Waals surface area (Å²) in [4.78, 5) is 0. The molecule has 1 aromatic carbocycles. The van der Waals surface area contributed by atoms with Gasteiger partial charge < -0.3 is 0 Å². The van der Waals surface area contributed by atoms with Gasteiger partial charge in [-0.2, -0.15) is 0 Å². The average Bonchev–Trinajstić information content (AvgIpc) is 2.87. The molecule has 0 aromatic heterocycles. The van der Waals surface area contributed by atoms with E-state index in [2.05, 4.69) is 54.6 Å². The Kier molecular flexibility index (Phi) is 1.58. The van der Waals surface area contributed by atoms with Gasteiger partial charge in [-0.25, -0.2) is 0 Å². The van der Waals surface area contributed by atoms with Gasteiger partial charge in [-0.05, 0) is 0 Å². The predicted octanol–water partition coefficient (Wildman–Crippen LogP) is 1.38. The van der Waals surface area contributed by atoms with Crippen molar-refractivity contribution in [2.45, 2.75) is 8.75 Å². The number of fused-ring (bicyclic) bond motifs is 1. The monoisotopic (exact) mass is 249 g/mol. The molecule has 1 aliphatic carbocycles. The summed E-state index contributed by atoms with van der Waals surface area (Å²) in [5, 5.41) is 0. The van der Waals surface area contributed by atoms with Crippen molar-refractivity contribution in [3.8, 4) is 0 Å². The molecule has 1 heterocycles. The third-order valence-electron chi connectivity index (χ3n) is 2.86. The van der Waals surface area contributed by atoms with Gasteiger partial charge in [-0.15, -0.1) is 0 Å². The molecule has 2 atom stereocenters. The van der Waals surface area contributed by atoms with E-state index in [4.69, 9.17) is 5.73 Å². The van der Waals surface area contributed by atoms with Crippen LogP contribution < -0.4 is 5.73 Å². The molecule has 0 saturated carbocycles. The van der Waals surface area contributed by atoms with Crippen LogP contribution in [0.1, 0.15) is 5.56 Å². The van der Waals surface area contributed by atoms with Crippen molar-refractivity contribution in [1.29, 1.82) is 0 Å². The van der Waals surface area contributed by atoms with Crippen LogP contribution in [0.15, 0.2) is 54.6 Å². The van der Waals surface area contributed by atoms with E-state index in [0.717, 1.165) is 0 Å². The van der Waals surface area contributed by atoms with Gasteiger partial charge in [0.2, 0.25) is 0 Å². The number of hydrogen-bond donors (Lipinski definition) is 1. The summed E-state index contributed by atoms with van der Waals surface area (Å²) >= 11 is 0.463. The first-order valence-corrected chi connectivity index (χ1v) is 6.40. The van der Waals surface area contributed by atoms with Crippen LogP contribution in [0, 0.1) is 0 Å². The summed E-state index contributed by atoms with van der Waals surface area (Å²) < 4.78 is 0.0894. The Balaban J connectivity index is 2.10. The molecule has 1 saturated heterocycles. The average molecular weight is 248 g/mol. The molecule has 1 nitrogen and oxygen atoms in total. The molecule has 1 aliphatic heterocycles. The Morgan fingerprint density at radius 3 is 2.43 bits per heavy atom. The molecule has 14 heavy (non-hydrogen) atoms. The zero-order chi connectivity index (χ0) is 9.65. The van der Waals surface area contributed by atoms with Crippen molar-refractivity contribution < 1.29 is 0 Å². The van der Waals surface area contributed by atoms with Gasteiger partial charge in [0.1, 0.15) is 0 Å². The summed E-state index contributed by atoms with van der Waals surface area (Å²) in [6.45, 7) is 0. The number of allylic oxidation sites excluding steroid dienone is 2. The number of nitrogens with two attached hydrogens (primary N) is 1. The first-order chi connectivity index (χ1) is 6.77. The van der Waals surface area contributed by atoms with Gasteiger partial charge >= 0.3 is 89.6 Å². The normalized spacial score (nSPS) is 38.1. The third kappa shape index (κ3) is 0.936. The zero-order valence-corrected chi connectivity index (χ0v) is 9.39. The van der Waals surface area contributed by atoms with Crippen molar-refractivity contribution in [2.75, 3.05) is 0 Å². The standard InChI is InChI=1S/C12H11NSe/c13-12-9-5-4-8-11(12,14-12)10-6-2-1-3-7-10/h1-9H,13H2. The van der Waals surface area contributed by atoms with E-state index in [1.807, 2.05) is 0 Å². The van der Waals surface area contributed by atoms with E-state index < -0.39 is 0 Å². The second-order valence-corrected chi connectivity index (χ2v) is 6.91. The van der Waals surface area contributed by atoms with Crippen LogP contribution in [0.5, 0.6) is 0 Å². The van der Waals surface area contributed by atoms with Crippen LogP contribution in [0.25, 0.3) is 0 Å². The van der Waals surface area contributed by atoms with Crippen LogP contribution in [0.2, 0.25) is 0 Å². The number of benzene rings is 1. The number of hydrogen-bond acceptors (Lipinski definition) is 1. The molecule has 0 radical (unpaired) electrons. The van der Waals surface area contributed by atoms with Crippen molar-refractivity contribution in [3.05, 3.63) is 60.2 Å². The van der Waals surface area contributed by atoms with E-state index in [9.17, 15) is 0 Å². The maximum absolute atomic E-state index is 6.31. The molecular formula is C12H11NSe. The van der Waals surface area contributed by atoms with Crippen LogP contribution in [-0.4, -0.2) is 19.4 Å². The Morgan fingerprint density at radius 2 is 1.71 bits per heavy atom. The quantitative estimate of drug-likeness (QED) is 0.746. The van der Waals surface area contributed by atoms with Gasteiger partial charge in [0.15, 0.2) is 0 Å². The summed E-state index contributed by atoms with van der Waals surface area (Å²) in [5.41, 5.74) is 7.67. The molecule has 0 amide bonds. The molecule has 0 spiro atoms. The number of rotatable bonds is 1. The summed E-state index contributed by atoms with van der Waals surface area (Å²) in [6.07, 6.45) is 8.60. The van der Waals surface area contributed by atoms with Gasteiger partial charge in [-0.1, -0.05) is 0 Å². The molecule has 1 fully saturated rings. The second kappa shape index (κ2) is 2.60. The topological polar surface area (TPSA) is 26.0 Å². The van der Waals surface area contributed by atoms with Crippen LogP contribution in [0.3, 0.4) is 0 Å². The SMILES string of the molecule is NC12C=CC=CC1(c1ccccc1)[Se]2. The Labute approximate surface area is 89.9 Å². The van der Waals surface area contributed by atoms with Gasteiger partial charge in [-0.3, -0.25) is 0 Å². The predicted molar refractivity (Wildman–Crippen MR) is 59.1 cm³/mol. The Hall–Kier alpha value is -0.821. The first-order valence-electron chi connectivity index (χ1n) is 4.68. The van der Waals surface area contributed by atoms with E-state index in [1.165, 1.54) is 5.56 Å². The molecule has 2 aliphatic rings. The molecule has 2 N–H and O–H groups in total. The van der Waals surface area contributed by atoms with Crippen LogP contribution >= 0.6 is 0 Å². The Morgan fingerprint density at radius 1 is 1.00 bits per heavy atom. The maximum atomic E-state index is 6.31. The minimum absolute atomic E-state index is 0.0594. The van der Waals surface area contributed by atoms with E-state index >= 15 is 0 Å². The van der Waals surface area contributed by atoms with Crippen molar-refractivity contribution in [1.82, 2.24) is 0 Å². The van der Waals surface area contributed by atoms with Crippen molar-refractivity contribution in [2.24, 2.45) is 5.73 Å². The summed E-state index contributed by atoms with van der Waals surface area (Å²) in [7, 11) is 0.